The summed E-state index contributed by atoms with van der Waals surface area (Å²) in [4.78, 5) is 22.4. The molecule has 21 heavy (non-hydrogen) atoms. The summed E-state index contributed by atoms with van der Waals surface area (Å²) in [5.41, 5.74) is 0.103. The zero-order valence-corrected chi connectivity index (χ0v) is 12.0. The molecule has 0 heterocycles. The Kier molecular flexibility index (Phi) is 6.52. The first-order chi connectivity index (χ1) is 9.93. The number of carboxylic acids is 1. The first kappa shape index (κ1) is 16.8. The molecular formula is C15H21NO5. The molecule has 0 spiro atoms. The molecule has 6 heteroatoms. The second-order valence-electron chi connectivity index (χ2n) is 4.95. The Bertz CT molecular complexity index is 501. The summed E-state index contributed by atoms with van der Waals surface area (Å²) in [6, 6.07) is 3.79. The lowest BCUT2D eigenvalue weighted by atomic mass is 9.96. The fourth-order valence-corrected chi connectivity index (χ4v) is 2.08. The third-order valence-electron chi connectivity index (χ3n) is 3.41. The van der Waals surface area contributed by atoms with E-state index in [1.165, 1.54) is 12.1 Å². The van der Waals surface area contributed by atoms with Crippen molar-refractivity contribution in [2.45, 2.75) is 32.6 Å². The van der Waals surface area contributed by atoms with Gasteiger partial charge in [-0.3, -0.25) is 9.59 Å². The molecule has 0 radical (unpaired) electrons. The van der Waals surface area contributed by atoms with Gasteiger partial charge in [0.05, 0.1) is 5.56 Å². The number of carbonyl (C=O) groups is 2. The van der Waals surface area contributed by atoms with Crippen LogP contribution in [-0.4, -0.2) is 33.7 Å². The van der Waals surface area contributed by atoms with E-state index in [2.05, 4.69) is 5.32 Å². The number of amides is 1. The molecule has 6 nitrogen and oxygen atoms in total. The number of phenols is 2. The zero-order valence-electron chi connectivity index (χ0n) is 12.0. The molecule has 1 amide bonds. The quantitative estimate of drug-likeness (QED) is 0.587. The maximum absolute atomic E-state index is 11.9. The molecule has 0 aliphatic rings. The number of hydrogen-bond donors (Lipinski definition) is 4. The minimum Gasteiger partial charge on any atom is -0.508 e. The average Bonchev–Trinajstić information content (AvgIpc) is 2.42. The number of benzene rings is 1. The van der Waals surface area contributed by atoms with Gasteiger partial charge in [0, 0.05) is 19.0 Å². The average molecular weight is 295 g/mol. The molecule has 1 atom stereocenters. The summed E-state index contributed by atoms with van der Waals surface area (Å²) in [7, 11) is 0. The van der Waals surface area contributed by atoms with Crippen molar-refractivity contribution in [1.82, 2.24) is 5.32 Å². The molecular weight excluding hydrogens is 274 g/mol. The van der Waals surface area contributed by atoms with Gasteiger partial charge in [-0.1, -0.05) is 13.3 Å². The molecule has 116 valence electrons. The Morgan fingerprint density at radius 2 is 1.95 bits per heavy atom. The number of rotatable bonds is 8. The molecule has 0 aliphatic carbocycles. The molecule has 0 aliphatic heterocycles. The summed E-state index contributed by atoms with van der Waals surface area (Å²) in [6.45, 7) is 2.40. The van der Waals surface area contributed by atoms with Gasteiger partial charge in [0.25, 0.3) is 5.91 Å². The van der Waals surface area contributed by atoms with Crippen LogP contribution in [-0.2, 0) is 4.79 Å². The highest BCUT2D eigenvalue weighted by Crippen LogP contribution is 2.22. The zero-order chi connectivity index (χ0) is 15.8. The molecule has 0 bridgehead atoms. The summed E-state index contributed by atoms with van der Waals surface area (Å²) in [6.07, 6.45) is 2.26. The molecule has 1 unspecified atom stereocenters. The van der Waals surface area contributed by atoms with Crippen LogP contribution < -0.4 is 5.32 Å². The number of aromatic hydroxyl groups is 2. The summed E-state index contributed by atoms with van der Waals surface area (Å²) in [5.74, 6) is -1.36. The van der Waals surface area contributed by atoms with E-state index in [9.17, 15) is 14.7 Å². The van der Waals surface area contributed by atoms with Gasteiger partial charge in [0.15, 0.2) is 0 Å². The minimum absolute atomic E-state index is 0.103. The van der Waals surface area contributed by atoms with Gasteiger partial charge in [-0.25, -0.2) is 0 Å². The van der Waals surface area contributed by atoms with Crippen molar-refractivity contribution in [1.29, 1.82) is 0 Å². The van der Waals surface area contributed by atoms with Crippen molar-refractivity contribution in [2.75, 3.05) is 6.54 Å². The summed E-state index contributed by atoms with van der Waals surface area (Å²) >= 11 is 0. The largest absolute Gasteiger partial charge is 0.508 e. The van der Waals surface area contributed by atoms with Crippen LogP contribution in [0.5, 0.6) is 11.5 Å². The van der Waals surface area contributed by atoms with E-state index in [1.807, 2.05) is 6.92 Å². The molecule has 0 aromatic heterocycles. The number of hydrogen-bond acceptors (Lipinski definition) is 4. The number of carboxylic acid groups (broad SMARTS) is 1. The summed E-state index contributed by atoms with van der Waals surface area (Å²) < 4.78 is 0. The van der Waals surface area contributed by atoms with Crippen molar-refractivity contribution in [3.05, 3.63) is 23.8 Å². The van der Waals surface area contributed by atoms with E-state index in [0.29, 0.717) is 19.4 Å². The van der Waals surface area contributed by atoms with Crippen molar-refractivity contribution >= 4 is 11.9 Å². The maximum Gasteiger partial charge on any atom is 0.303 e. The van der Waals surface area contributed by atoms with Gasteiger partial charge in [-0.15, -0.1) is 0 Å². The highest BCUT2D eigenvalue weighted by atomic mass is 16.4. The number of carbonyl (C=O) groups excluding carboxylic acids is 1. The van der Waals surface area contributed by atoms with Crippen LogP contribution >= 0.6 is 0 Å². The predicted octanol–water partition coefficient (Wildman–Crippen LogP) is 2.11. The van der Waals surface area contributed by atoms with Crippen LogP contribution in [0, 0.1) is 5.92 Å². The number of phenolic OH excluding ortho intramolecular Hbond substituents is 2. The third kappa shape index (κ3) is 5.72. The Morgan fingerprint density at radius 3 is 2.52 bits per heavy atom. The number of aliphatic carboxylic acids is 1. The lowest BCUT2D eigenvalue weighted by Crippen LogP contribution is -2.26. The Morgan fingerprint density at radius 1 is 1.24 bits per heavy atom. The second kappa shape index (κ2) is 8.14. The van der Waals surface area contributed by atoms with E-state index >= 15 is 0 Å². The van der Waals surface area contributed by atoms with E-state index < -0.39 is 11.9 Å². The monoisotopic (exact) mass is 295 g/mol. The topological polar surface area (TPSA) is 107 Å². The molecule has 1 aromatic rings. The lowest BCUT2D eigenvalue weighted by molar-refractivity contribution is -0.137. The smallest absolute Gasteiger partial charge is 0.303 e. The Balaban J connectivity index is 2.43. The van der Waals surface area contributed by atoms with Crippen molar-refractivity contribution in [3.8, 4) is 11.5 Å². The SMILES string of the molecule is CCC(CCNC(=O)c1ccc(O)cc1O)CCC(=O)O. The van der Waals surface area contributed by atoms with E-state index in [-0.39, 0.29) is 29.4 Å². The molecule has 4 N–H and O–H groups in total. The van der Waals surface area contributed by atoms with Gasteiger partial charge >= 0.3 is 5.97 Å². The molecule has 0 fully saturated rings. The van der Waals surface area contributed by atoms with Crippen molar-refractivity contribution in [3.63, 3.8) is 0 Å². The van der Waals surface area contributed by atoms with Crippen LogP contribution in [0.1, 0.15) is 43.0 Å². The van der Waals surface area contributed by atoms with Gasteiger partial charge in [-0.2, -0.15) is 0 Å². The molecule has 1 rings (SSSR count). The number of nitrogens with one attached hydrogen (secondary N) is 1. The standard InChI is InChI=1S/C15H21NO5/c1-2-10(3-6-14(19)20)7-8-16-15(21)12-5-4-11(17)9-13(12)18/h4-5,9-10,17-18H,2-3,6-8H2,1H3,(H,16,21)(H,19,20). The van der Waals surface area contributed by atoms with E-state index in [0.717, 1.165) is 12.5 Å². The molecule has 1 aromatic carbocycles. The van der Waals surface area contributed by atoms with Gasteiger partial charge < -0.3 is 20.6 Å². The Labute approximate surface area is 123 Å². The van der Waals surface area contributed by atoms with Crippen LogP contribution in [0.15, 0.2) is 18.2 Å². The molecule has 0 saturated carbocycles. The lowest BCUT2D eigenvalue weighted by Gasteiger charge is -2.14. The second-order valence-corrected chi connectivity index (χ2v) is 4.95. The van der Waals surface area contributed by atoms with Crippen LogP contribution in [0.25, 0.3) is 0 Å². The molecule has 0 saturated heterocycles. The highest BCUT2D eigenvalue weighted by Gasteiger charge is 2.13. The minimum atomic E-state index is -0.813. The maximum atomic E-state index is 11.9. The highest BCUT2D eigenvalue weighted by molar-refractivity contribution is 5.96. The van der Waals surface area contributed by atoms with Crippen LogP contribution in [0.2, 0.25) is 0 Å². The first-order valence-electron chi connectivity index (χ1n) is 6.96. The summed E-state index contributed by atoms with van der Waals surface area (Å²) in [5, 5.41) is 30.1. The fourth-order valence-electron chi connectivity index (χ4n) is 2.08. The first-order valence-corrected chi connectivity index (χ1v) is 6.96. The van der Waals surface area contributed by atoms with Gasteiger partial charge in [0.1, 0.15) is 11.5 Å². The Hall–Kier alpha value is -2.24. The van der Waals surface area contributed by atoms with Crippen molar-refractivity contribution < 1.29 is 24.9 Å². The van der Waals surface area contributed by atoms with Crippen LogP contribution in [0.4, 0.5) is 0 Å². The normalized spacial score (nSPS) is 11.9. The fraction of sp³-hybridized carbons (Fsp3) is 0.467. The van der Waals surface area contributed by atoms with Crippen molar-refractivity contribution in [2.24, 2.45) is 5.92 Å². The third-order valence-corrected chi connectivity index (χ3v) is 3.41. The van der Waals surface area contributed by atoms with Gasteiger partial charge in [-0.05, 0) is 30.9 Å². The van der Waals surface area contributed by atoms with E-state index in [1.54, 1.807) is 0 Å². The predicted molar refractivity (Wildman–Crippen MR) is 77.4 cm³/mol. The van der Waals surface area contributed by atoms with E-state index in [4.69, 9.17) is 10.2 Å². The van der Waals surface area contributed by atoms with Crippen LogP contribution in [0.3, 0.4) is 0 Å². The van der Waals surface area contributed by atoms with Gasteiger partial charge in [0.2, 0.25) is 0 Å².